The van der Waals surface area contributed by atoms with Gasteiger partial charge in [-0.25, -0.2) is 0 Å². The van der Waals surface area contributed by atoms with Crippen molar-refractivity contribution in [3.05, 3.63) is 11.9 Å². The van der Waals surface area contributed by atoms with Crippen molar-refractivity contribution in [2.75, 3.05) is 31.9 Å². The number of carbonyl (C=O) groups is 1. The van der Waals surface area contributed by atoms with E-state index in [1.54, 1.807) is 17.9 Å². The van der Waals surface area contributed by atoms with Crippen molar-refractivity contribution in [3.8, 4) is 0 Å². The number of rotatable bonds is 1. The van der Waals surface area contributed by atoms with E-state index in [0.717, 1.165) is 19.6 Å². The number of nitrogens with two attached hydrogens (primary N) is 1. The molecule has 0 aliphatic carbocycles. The highest BCUT2D eigenvalue weighted by molar-refractivity contribution is 5.97. The van der Waals surface area contributed by atoms with Crippen LogP contribution in [0.4, 0.5) is 5.69 Å². The number of carbonyl (C=O) groups excluding carboxylic acids is 1. The number of aromatic nitrogens is 2. The first kappa shape index (κ1) is 12.5. The minimum Gasteiger partial charge on any atom is -0.396 e. The van der Waals surface area contributed by atoms with Crippen LogP contribution in [-0.4, -0.2) is 57.7 Å². The number of fused-ring (bicyclic) bond motifs is 1. The topological polar surface area (TPSA) is 67.4 Å². The number of aryl methyl sites for hydroxylation is 1. The maximum atomic E-state index is 12.5. The Morgan fingerprint density at radius 2 is 2.21 bits per heavy atom. The van der Waals surface area contributed by atoms with Crippen molar-refractivity contribution in [3.63, 3.8) is 0 Å². The van der Waals surface area contributed by atoms with Gasteiger partial charge in [-0.15, -0.1) is 0 Å². The predicted molar refractivity (Wildman–Crippen MR) is 72.7 cm³/mol. The number of piperazine rings is 1. The maximum absolute atomic E-state index is 12.5. The zero-order valence-electron chi connectivity index (χ0n) is 11.4. The molecule has 2 N–H and O–H groups in total. The highest BCUT2D eigenvalue weighted by Gasteiger charge is 2.32. The van der Waals surface area contributed by atoms with E-state index < -0.39 is 0 Å². The zero-order chi connectivity index (χ0) is 13.4. The highest BCUT2D eigenvalue weighted by Crippen LogP contribution is 2.22. The van der Waals surface area contributed by atoms with Gasteiger partial charge in [0.25, 0.3) is 5.91 Å². The average molecular weight is 263 g/mol. The lowest BCUT2D eigenvalue weighted by Gasteiger charge is -2.43. The number of amides is 1. The van der Waals surface area contributed by atoms with Gasteiger partial charge in [0.1, 0.15) is 0 Å². The van der Waals surface area contributed by atoms with Crippen LogP contribution in [-0.2, 0) is 7.05 Å². The van der Waals surface area contributed by atoms with Crippen LogP contribution in [0.25, 0.3) is 0 Å². The molecule has 0 bridgehead atoms. The number of piperidine rings is 1. The Morgan fingerprint density at radius 3 is 2.95 bits per heavy atom. The molecule has 1 amide bonds. The lowest BCUT2D eigenvalue weighted by atomic mass is 9.99. The first-order chi connectivity index (χ1) is 9.15. The molecular formula is C13H21N5O. The van der Waals surface area contributed by atoms with Crippen molar-refractivity contribution in [1.29, 1.82) is 0 Å². The molecule has 1 unspecified atom stereocenters. The van der Waals surface area contributed by atoms with E-state index in [-0.39, 0.29) is 5.91 Å². The molecule has 0 radical (unpaired) electrons. The second kappa shape index (κ2) is 4.85. The molecular weight excluding hydrogens is 242 g/mol. The summed E-state index contributed by atoms with van der Waals surface area (Å²) in [5.74, 6) is -0.0247. The molecule has 3 rings (SSSR count). The Bertz CT molecular complexity index is 483. The fourth-order valence-electron chi connectivity index (χ4n) is 3.16. The molecule has 104 valence electrons. The Hall–Kier alpha value is -1.56. The van der Waals surface area contributed by atoms with Crippen LogP contribution >= 0.6 is 0 Å². The summed E-state index contributed by atoms with van der Waals surface area (Å²) in [5.41, 5.74) is 6.71. The molecule has 6 nitrogen and oxygen atoms in total. The van der Waals surface area contributed by atoms with E-state index in [9.17, 15) is 4.79 Å². The van der Waals surface area contributed by atoms with E-state index in [2.05, 4.69) is 10.00 Å². The summed E-state index contributed by atoms with van der Waals surface area (Å²) in [6, 6.07) is 0.524. The molecule has 2 fully saturated rings. The molecule has 3 heterocycles. The summed E-state index contributed by atoms with van der Waals surface area (Å²) in [7, 11) is 1.78. The highest BCUT2D eigenvalue weighted by atomic mass is 16.2. The van der Waals surface area contributed by atoms with Crippen LogP contribution in [0.1, 0.15) is 29.8 Å². The van der Waals surface area contributed by atoms with Crippen molar-refractivity contribution in [1.82, 2.24) is 19.6 Å². The smallest absolute Gasteiger partial charge is 0.276 e. The number of nitrogen functional groups attached to an aromatic ring is 1. The average Bonchev–Trinajstić information content (AvgIpc) is 2.76. The number of hydrogen-bond donors (Lipinski definition) is 1. The van der Waals surface area contributed by atoms with Crippen LogP contribution in [0.15, 0.2) is 6.20 Å². The van der Waals surface area contributed by atoms with Gasteiger partial charge < -0.3 is 10.6 Å². The minimum absolute atomic E-state index is 0.0247. The monoisotopic (exact) mass is 263 g/mol. The molecule has 2 saturated heterocycles. The first-order valence-electron chi connectivity index (χ1n) is 6.97. The van der Waals surface area contributed by atoms with Crippen LogP contribution in [0.3, 0.4) is 0 Å². The van der Waals surface area contributed by atoms with Gasteiger partial charge in [-0.2, -0.15) is 5.10 Å². The van der Waals surface area contributed by atoms with Crippen molar-refractivity contribution >= 4 is 11.6 Å². The summed E-state index contributed by atoms with van der Waals surface area (Å²) in [4.78, 5) is 16.9. The van der Waals surface area contributed by atoms with Gasteiger partial charge in [-0.3, -0.25) is 14.4 Å². The molecule has 1 aromatic heterocycles. The van der Waals surface area contributed by atoms with Gasteiger partial charge >= 0.3 is 0 Å². The summed E-state index contributed by atoms with van der Waals surface area (Å²) >= 11 is 0. The summed E-state index contributed by atoms with van der Waals surface area (Å²) < 4.78 is 1.60. The van der Waals surface area contributed by atoms with E-state index in [4.69, 9.17) is 5.73 Å². The number of hydrogen-bond acceptors (Lipinski definition) is 4. The van der Waals surface area contributed by atoms with Gasteiger partial charge in [0, 0.05) is 38.9 Å². The fraction of sp³-hybridized carbons (Fsp3) is 0.692. The molecule has 1 aromatic rings. The van der Waals surface area contributed by atoms with E-state index in [1.165, 1.54) is 25.8 Å². The Balaban J connectivity index is 1.72. The van der Waals surface area contributed by atoms with Crippen LogP contribution in [0.5, 0.6) is 0 Å². The lowest BCUT2D eigenvalue weighted by molar-refractivity contribution is 0.0368. The van der Waals surface area contributed by atoms with E-state index >= 15 is 0 Å². The molecule has 0 aromatic carbocycles. The fourth-order valence-corrected chi connectivity index (χ4v) is 3.16. The molecule has 19 heavy (non-hydrogen) atoms. The third kappa shape index (κ3) is 2.32. The van der Waals surface area contributed by atoms with Crippen LogP contribution in [0.2, 0.25) is 0 Å². The van der Waals surface area contributed by atoms with Gasteiger partial charge in [0.15, 0.2) is 5.69 Å². The number of anilines is 1. The Kier molecular flexibility index (Phi) is 3.18. The molecule has 6 heteroatoms. The Morgan fingerprint density at radius 1 is 1.37 bits per heavy atom. The van der Waals surface area contributed by atoms with Gasteiger partial charge in [0.05, 0.1) is 5.69 Å². The third-order valence-electron chi connectivity index (χ3n) is 4.18. The quantitative estimate of drug-likeness (QED) is 0.792. The molecule has 0 saturated carbocycles. The summed E-state index contributed by atoms with van der Waals surface area (Å²) in [6.45, 7) is 3.75. The lowest BCUT2D eigenvalue weighted by Crippen LogP contribution is -2.56. The normalized spacial score (nSPS) is 24.3. The first-order valence-corrected chi connectivity index (χ1v) is 6.97. The zero-order valence-corrected chi connectivity index (χ0v) is 11.4. The predicted octanol–water partition coefficient (Wildman–Crippen LogP) is 0.313. The second-order valence-electron chi connectivity index (χ2n) is 5.54. The largest absolute Gasteiger partial charge is 0.396 e. The van der Waals surface area contributed by atoms with Gasteiger partial charge in [0.2, 0.25) is 0 Å². The van der Waals surface area contributed by atoms with Crippen molar-refractivity contribution < 1.29 is 4.79 Å². The van der Waals surface area contributed by atoms with Gasteiger partial charge in [-0.1, -0.05) is 6.42 Å². The minimum atomic E-state index is -0.0247. The summed E-state index contributed by atoms with van der Waals surface area (Å²) in [6.07, 6.45) is 5.44. The van der Waals surface area contributed by atoms with E-state index in [1.807, 2.05) is 4.90 Å². The standard InChI is InChI=1S/C13H21N5O/c1-16-9-11(14)12(15-16)13(19)18-7-6-17-5-3-2-4-10(17)8-18/h9-10H,2-8,14H2,1H3. The Labute approximate surface area is 113 Å². The van der Waals surface area contributed by atoms with Crippen molar-refractivity contribution in [2.24, 2.45) is 7.05 Å². The molecule has 1 atom stereocenters. The van der Waals surface area contributed by atoms with E-state index in [0.29, 0.717) is 17.4 Å². The van der Waals surface area contributed by atoms with Crippen LogP contribution < -0.4 is 5.73 Å². The molecule has 0 spiro atoms. The summed E-state index contributed by atoms with van der Waals surface area (Å²) in [5, 5.41) is 4.18. The van der Waals surface area contributed by atoms with Gasteiger partial charge in [-0.05, 0) is 19.4 Å². The maximum Gasteiger partial charge on any atom is 0.276 e. The van der Waals surface area contributed by atoms with Crippen LogP contribution in [0, 0.1) is 0 Å². The second-order valence-corrected chi connectivity index (χ2v) is 5.54. The third-order valence-corrected chi connectivity index (χ3v) is 4.18. The number of nitrogens with zero attached hydrogens (tertiary/aromatic N) is 4. The molecule has 2 aliphatic rings. The SMILES string of the molecule is Cn1cc(N)c(C(=O)N2CCN3CCCCC3C2)n1. The molecule has 2 aliphatic heterocycles. The van der Waals surface area contributed by atoms with Crippen molar-refractivity contribution in [2.45, 2.75) is 25.3 Å².